The van der Waals surface area contributed by atoms with E-state index in [1.807, 2.05) is 50.5 Å². The Hall–Kier alpha value is -3.13. The van der Waals surface area contributed by atoms with Gasteiger partial charge in [-0.1, -0.05) is 42.5 Å². The Balaban J connectivity index is 0.00000306. The highest BCUT2D eigenvalue weighted by atomic mass is 35.5. The molecule has 4 rings (SSSR count). The SMILES string of the molecule is CN(C)CCOc1ccc2cc(-c3ccc([C@@H](O)[C@@]4(C)NC(=O)NC4=O)cc3)ccc2c1.Cl. The molecule has 8 heteroatoms. The molecule has 0 bridgehead atoms. The Morgan fingerprint density at radius 2 is 1.61 bits per heavy atom. The van der Waals surface area contributed by atoms with Gasteiger partial charge in [0.2, 0.25) is 0 Å². The summed E-state index contributed by atoms with van der Waals surface area (Å²) in [5, 5.41) is 17.6. The van der Waals surface area contributed by atoms with Crippen LogP contribution in [-0.4, -0.2) is 54.7 Å². The summed E-state index contributed by atoms with van der Waals surface area (Å²) in [6.45, 7) is 3.00. The molecule has 0 spiro atoms. The number of nitrogens with one attached hydrogen (secondary N) is 2. The summed E-state index contributed by atoms with van der Waals surface area (Å²) in [5.74, 6) is 0.306. The minimum atomic E-state index is -1.39. The number of halogens is 1. The first kappa shape index (κ1) is 24.5. The van der Waals surface area contributed by atoms with Crippen LogP contribution in [0.1, 0.15) is 18.6 Å². The number of aliphatic hydroxyl groups is 1. The van der Waals surface area contributed by atoms with Gasteiger partial charge in [0.15, 0.2) is 0 Å². The lowest BCUT2D eigenvalue weighted by molar-refractivity contribution is -0.127. The largest absolute Gasteiger partial charge is 0.492 e. The molecule has 3 amide bonds. The summed E-state index contributed by atoms with van der Waals surface area (Å²) in [6.07, 6.45) is -1.16. The predicted molar refractivity (Wildman–Crippen MR) is 131 cm³/mol. The first-order valence-corrected chi connectivity index (χ1v) is 10.5. The van der Waals surface area contributed by atoms with Crippen LogP contribution in [0.5, 0.6) is 5.75 Å². The number of rotatable bonds is 7. The Bertz CT molecular complexity index is 1170. The van der Waals surface area contributed by atoms with Crippen LogP contribution in [0, 0.1) is 0 Å². The molecule has 174 valence electrons. The molecule has 1 aliphatic heterocycles. The molecular formula is C25H28ClN3O4. The number of hydrogen-bond acceptors (Lipinski definition) is 5. The third-order valence-corrected chi connectivity index (χ3v) is 5.80. The zero-order chi connectivity index (χ0) is 22.9. The highest BCUT2D eigenvalue weighted by molar-refractivity contribution is 6.07. The van der Waals surface area contributed by atoms with Gasteiger partial charge in [-0.2, -0.15) is 0 Å². The second-order valence-corrected chi connectivity index (χ2v) is 8.51. The quantitative estimate of drug-likeness (QED) is 0.461. The zero-order valence-electron chi connectivity index (χ0n) is 18.8. The predicted octanol–water partition coefficient (Wildman–Crippen LogP) is 3.50. The average Bonchev–Trinajstić information content (AvgIpc) is 3.04. The topological polar surface area (TPSA) is 90.9 Å². The molecule has 1 aliphatic rings. The first-order valence-electron chi connectivity index (χ1n) is 10.5. The molecule has 0 aliphatic carbocycles. The molecule has 3 aromatic carbocycles. The van der Waals surface area contributed by atoms with Gasteiger partial charge in [0.1, 0.15) is 24.0 Å². The maximum absolute atomic E-state index is 12.1. The fourth-order valence-electron chi connectivity index (χ4n) is 3.78. The van der Waals surface area contributed by atoms with Gasteiger partial charge < -0.3 is 20.1 Å². The molecule has 3 aromatic rings. The van der Waals surface area contributed by atoms with Crippen LogP contribution in [0.2, 0.25) is 0 Å². The van der Waals surface area contributed by atoms with Crippen LogP contribution < -0.4 is 15.4 Å². The van der Waals surface area contributed by atoms with Crippen molar-refractivity contribution in [2.45, 2.75) is 18.6 Å². The number of benzene rings is 3. The number of amides is 3. The molecule has 3 N–H and O–H groups in total. The van der Waals surface area contributed by atoms with Gasteiger partial charge in [-0.25, -0.2) is 4.79 Å². The molecule has 1 heterocycles. The van der Waals surface area contributed by atoms with E-state index in [0.717, 1.165) is 34.2 Å². The number of imide groups is 1. The third kappa shape index (κ3) is 5.11. The minimum Gasteiger partial charge on any atom is -0.492 e. The second kappa shape index (κ2) is 9.79. The summed E-state index contributed by atoms with van der Waals surface area (Å²) >= 11 is 0. The summed E-state index contributed by atoms with van der Waals surface area (Å²) < 4.78 is 5.82. The van der Waals surface area contributed by atoms with Crippen molar-refractivity contribution in [3.8, 4) is 16.9 Å². The molecule has 2 atom stereocenters. The number of likely N-dealkylation sites (N-methyl/N-ethyl adjacent to an activating group) is 1. The fourth-order valence-corrected chi connectivity index (χ4v) is 3.78. The van der Waals surface area contributed by atoms with Crippen LogP contribution >= 0.6 is 12.4 Å². The fraction of sp³-hybridized carbons (Fsp3) is 0.280. The molecule has 33 heavy (non-hydrogen) atoms. The molecule has 0 saturated carbocycles. The smallest absolute Gasteiger partial charge is 0.322 e. The van der Waals surface area contributed by atoms with Crippen molar-refractivity contribution in [3.63, 3.8) is 0 Å². The van der Waals surface area contributed by atoms with E-state index in [-0.39, 0.29) is 12.4 Å². The van der Waals surface area contributed by atoms with E-state index in [1.165, 1.54) is 6.92 Å². The maximum atomic E-state index is 12.1. The van der Waals surface area contributed by atoms with Crippen molar-refractivity contribution in [2.75, 3.05) is 27.2 Å². The number of fused-ring (bicyclic) bond motifs is 1. The highest BCUT2D eigenvalue weighted by Crippen LogP contribution is 2.31. The molecule has 0 aromatic heterocycles. The summed E-state index contributed by atoms with van der Waals surface area (Å²) in [4.78, 5) is 25.6. The van der Waals surface area contributed by atoms with Gasteiger partial charge in [0, 0.05) is 6.54 Å². The molecule has 1 fully saturated rings. The molecule has 1 saturated heterocycles. The summed E-state index contributed by atoms with van der Waals surface area (Å²) in [6, 6.07) is 19.0. The van der Waals surface area contributed by atoms with Crippen LogP contribution in [0.4, 0.5) is 4.79 Å². The van der Waals surface area contributed by atoms with E-state index in [1.54, 1.807) is 12.1 Å². The lowest BCUT2D eigenvalue weighted by Gasteiger charge is -2.27. The van der Waals surface area contributed by atoms with E-state index in [4.69, 9.17) is 4.74 Å². The molecular weight excluding hydrogens is 442 g/mol. The number of nitrogens with zero attached hydrogens (tertiary/aromatic N) is 1. The monoisotopic (exact) mass is 469 g/mol. The van der Waals surface area contributed by atoms with Crippen molar-refractivity contribution in [2.24, 2.45) is 0 Å². The lowest BCUT2D eigenvalue weighted by Crippen LogP contribution is -2.49. The number of carbonyl (C=O) groups is 2. The Morgan fingerprint density at radius 3 is 2.24 bits per heavy atom. The molecule has 0 radical (unpaired) electrons. The van der Waals surface area contributed by atoms with Gasteiger partial charge in [-0.15, -0.1) is 12.4 Å². The van der Waals surface area contributed by atoms with Crippen molar-refractivity contribution >= 4 is 35.1 Å². The zero-order valence-corrected chi connectivity index (χ0v) is 19.6. The van der Waals surface area contributed by atoms with E-state index in [2.05, 4.69) is 27.7 Å². The third-order valence-electron chi connectivity index (χ3n) is 5.80. The van der Waals surface area contributed by atoms with Gasteiger partial charge >= 0.3 is 6.03 Å². The number of ether oxygens (including phenoxy) is 1. The van der Waals surface area contributed by atoms with Crippen LogP contribution in [0.25, 0.3) is 21.9 Å². The van der Waals surface area contributed by atoms with Crippen molar-refractivity contribution < 1.29 is 19.4 Å². The first-order chi connectivity index (χ1) is 15.3. The van der Waals surface area contributed by atoms with Crippen molar-refractivity contribution in [1.82, 2.24) is 15.5 Å². The van der Waals surface area contributed by atoms with Crippen LogP contribution in [0.15, 0.2) is 60.7 Å². The maximum Gasteiger partial charge on any atom is 0.322 e. The molecule has 0 unspecified atom stereocenters. The standard InChI is InChI=1S/C25H27N3O4.ClH/c1-25(23(30)26-24(31)27-25)22(29)17-6-4-16(5-7-17)18-8-9-20-15-21(11-10-19(20)14-18)32-13-12-28(2)3;/h4-11,14-15,22,29H,12-13H2,1-3H3,(H2,26,27,30,31);1H/t22-,25-;/m1./s1. The molecule has 7 nitrogen and oxygen atoms in total. The van der Waals surface area contributed by atoms with Gasteiger partial charge in [-0.05, 0) is 66.7 Å². The van der Waals surface area contributed by atoms with Crippen molar-refractivity contribution in [1.29, 1.82) is 0 Å². The Morgan fingerprint density at radius 1 is 0.970 bits per heavy atom. The van der Waals surface area contributed by atoms with E-state index >= 15 is 0 Å². The van der Waals surface area contributed by atoms with Gasteiger partial charge in [-0.3, -0.25) is 10.1 Å². The normalized spacial score (nSPS) is 18.6. The minimum absolute atomic E-state index is 0. The van der Waals surface area contributed by atoms with Gasteiger partial charge in [0.25, 0.3) is 5.91 Å². The van der Waals surface area contributed by atoms with Crippen LogP contribution in [0.3, 0.4) is 0 Å². The van der Waals surface area contributed by atoms with Gasteiger partial charge in [0.05, 0.1) is 0 Å². The highest BCUT2D eigenvalue weighted by Gasteiger charge is 2.48. The van der Waals surface area contributed by atoms with Crippen molar-refractivity contribution in [3.05, 3.63) is 66.2 Å². The lowest BCUT2D eigenvalue weighted by atomic mass is 9.88. The van der Waals surface area contributed by atoms with E-state index < -0.39 is 23.6 Å². The number of aliphatic hydroxyl groups excluding tert-OH is 1. The number of carbonyl (C=O) groups excluding carboxylic acids is 2. The Kier molecular flexibility index (Phi) is 7.27. The van der Waals surface area contributed by atoms with Crippen LogP contribution in [-0.2, 0) is 4.79 Å². The summed E-state index contributed by atoms with van der Waals surface area (Å²) in [5.41, 5.74) is 1.18. The van der Waals surface area contributed by atoms with E-state index in [0.29, 0.717) is 12.2 Å². The Labute approximate surface area is 199 Å². The average molecular weight is 470 g/mol. The van der Waals surface area contributed by atoms with E-state index in [9.17, 15) is 14.7 Å². The number of urea groups is 1. The number of hydrogen-bond donors (Lipinski definition) is 3. The second-order valence-electron chi connectivity index (χ2n) is 8.51. The summed E-state index contributed by atoms with van der Waals surface area (Å²) in [7, 11) is 4.03.